The predicted molar refractivity (Wildman–Crippen MR) is 154 cm³/mol. The Balaban J connectivity index is 1.24. The second-order valence-electron chi connectivity index (χ2n) is 12.1. The molecule has 0 atom stereocenters. The van der Waals surface area contributed by atoms with E-state index in [1.807, 2.05) is 45.2 Å². The van der Waals surface area contributed by atoms with Crippen LogP contribution in [0, 0.1) is 5.92 Å². The topological polar surface area (TPSA) is 112 Å². The first-order valence-electron chi connectivity index (χ1n) is 14.3. The van der Waals surface area contributed by atoms with Crippen LogP contribution in [0.15, 0.2) is 35.4 Å². The van der Waals surface area contributed by atoms with Gasteiger partial charge in [-0.25, -0.2) is 14.6 Å². The fraction of sp³-hybridized carbons (Fsp3) is 0.484. The molecule has 10 nitrogen and oxygen atoms in total. The van der Waals surface area contributed by atoms with Gasteiger partial charge in [0, 0.05) is 60.5 Å². The number of hydrogen-bond donors (Lipinski definition) is 1. The van der Waals surface area contributed by atoms with Crippen LogP contribution in [0.2, 0.25) is 0 Å². The van der Waals surface area contributed by atoms with E-state index in [2.05, 4.69) is 14.9 Å². The third-order valence-corrected chi connectivity index (χ3v) is 7.70. The molecule has 1 amide bonds. The first-order valence-corrected chi connectivity index (χ1v) is 14.3. The zero-order chi connectivity index (χ0) is 28.9. The third kappa shape index (κ3) is 5.40. The third-order valence-electron chi connectivity index (χ3n) is 7.70. The van der Waals surface area contributed by atoms with Crippen molar-refractivity contribution in [2.45, 2.75) is 65.4 Å². The number of hydrogen-bond acceptors (Lipinski definition) is 8. The average molecular weight is 561 g/mol. The largest absolute Gasteiger partial charge is 0.462 e. The summed E-state index contributed by atoms with van der Waals surface area (Å²) in [6.07, 6.45) is 5.24. The van der Waals surface area contributed by atoms with Crippen LogP contribution in [0.3, 0.4) is 0 Å². The number of ether oxygens (including phenoxy) is 3. The Morgan fingerprint density at radius 1 is 1.15 bits per heavy atom. The Bertz CT molecular complexity index is 1580. The maximum absolute atomic E-state index is 13.4. The molecular weight excluding hydrogens is 524 g/mol. The van der Waals surface area contributed by atoms with Gasteiger partial charge in [0.1, 0.15) is 17.0 Å². The van der Waals surface area contributed by atoms with Crippen LogP contribution in [0.5, 0.6) is 0 Å². The van der Waals surface area contributed by atoms with Crippen LogP contribution in [0.25, 0.3) is 22.0 Å². The van der Waals surface area contributed by atoms with Gasteiger partial charge in [-0.05, 0) is 63.8 Å². The van der Waals surface area contributed by atoms with E-state index >= 15 is 0 Å². The highest BCUT2D eigenvalue weighted by atomic mass is 16.6. The molecule has 41 heavy (non-hydrogen) atoms. The average Bonchev–Trinajstić information content (AvgIpc) is 3.74. The SMILES string of the molecule is CCOC(=O)c1cn(C2CC2)c2c3c(ccc2c1=O)-c1cnc(NCC2CN(C(=O)OC(C)(C)C)C2)cc1COC3. The van der Waals surface area contributed by atoms with Crippen molar-refractivity contribution in [2.24, 2.45) is 5.92 Å². The zero-order valence-corrected chi connectivity index (χ0v) is 24.0. The first kappa shape index (κ1) is 27.3. The van der Waals surface area contributed by atoms with Crippen molar-refractivity contribution in [1.29, 1.82) is 0 Å². The maximum Gasteiger partial charge on any atom is 0.410 e. The molecule has 6 rings (SSSR count). The summed E-state index contributed by atoms with van der Waals surface area (Å²) in [5, 5.41) is 3.91. The molecule has 1 aliphatic carbocycles. The Kier molecular flexibility index (Phi) is 6.97. The van der Waals surface area contributed by atoms with Gasteiger partial charge >= 0.3 is 12.1 Å². The fourth-order valence-corrected chi connectivity index (χ4v) is 5.56. The molecule has 1 aromatic carbocycles. The molecule has 2 fully saturated rings. The van der Waals surface area contributed by atoms with Gasteiger partial charge in [-0.15, -0.1) is 0 Å². The number of benzene rings is 1. The number of nitrogens with one attached hydrogen (secondary N) is 1. The lowest BCUT2D eigenvalue weighted by Gasteiger charge is -2.39. The molecule has 3 aromatic rings. The number of likely N-dealkylation sites (tertiary alicyclic amines) is 1. The predicted octanol–water partition coefficient (Wildman–Crippen LogP) is 4.88. The maximum atomic E-state index is 13.4. The summed E-state index contributed by atoms with van der Waals surface area (Å²) < 4.78 is 18.8. The molecule has 2 aromatic heterocycles. The van der Waals surface area contributed by atoms with Gasteiger partial charge in [-0.3, -0.25) is 4.79 Å². The minimum Gasteiger partial charge on any atom is -0.462 e. The Morgan fingerprint density at radius 3 is 2.63 bits per heavy atom. The van der Waals surface area contributed by atoms with Gasteiger partial charge in [0.05, 0.1) is 25.3 Å². The van der Waals surface area contributed by atoms with Crippen LogP contribution in [-0.2, 0) is 27.4 Å². The summed E-state index contributed by atoms with van der Waals surface area (Å²) in [6.45, 7) is 10.3. The van der Waals surface area contributed by atoms with E-state index in [0.717, 1.165) is 46.4 Å². The number of carbonyl (C=O) groups is 2. The second-order valence-corrected chi connectivity index (χ2v) is 12.1. The minimum atomic E-state index is -0.589. The monoisotopic (exact) mass is 560 g/mol. The van der Waals surface area contributed by atoms with Gasteiger partial charge in [0.2, 0.25) is 5.43 Å². The van der Waals surface area contributed by atoms with Gasteiger partial charge in [0.15, 0.2) is 0 Å². The van der Waals surface area contributed by atoms with E-state index in [1.54, 1.807) is 18.0 Å². The molecule has 0 unspecified atom stereocenters. The number of pyridine rings is 2. The molecule has 0 radical (unpaired) electrons. The zero-order valence-electron chi connectivity index (χ0n) is 24.0. The molecule has 2 aliphatic heterocycles. The van der Waals surface area contributed by atoms with Crippen LogP contribution >= 0.6 is 0 Å². The summed E-state index contributed by atoms with van der Waals surface area (Å²) in [5.74, 6) is 0.486. The lowest BCUT2D eigenvalue weighted by Crippen LogP contribution is -2.53. The van der Waals surface area contributed by atoms with E-state index in [4.69, 9.17) is 14.2 Å². The number of fused-ring (bicyclic) bond motifs is 5. The van der Waals surface area contributed by atoms with Crippen molar-refractivity contribution in [1.82, 2.24) is 14.5 Å². The molecule has 1 N–H and O–H groups in total. The number of amides is 1. The molecule has 216 valence electrons. The molecule has 10 heteroatoms. The van der Waals surface area contributed by atoms with Crippen molar-refractivity contribution in [3.05, 3.63) is 57.5 Å². The van der Waals surface area contributed by atoms with E-state index in [1.165, 1.54) is 0 Å². The first-order chi connectivity index (χ1) is 19.6. The number of anilines is 1. The fourth-order valence-electron chi connectivity index (χ4n) is 5.56. The van der Waals surface area contributed by atoms with Crippen LogP contribution < -0.4 is 10.7 Å². The summed E-state index contributed by atoms with van der Waals surface area (Å²) in [4.78, 5) is 44.5. The molecule has 1 saturated heterocycles. The highest BCUT2D eigenvalue weighted by Crippen LogP contribution is 2.41. The van der Waals surface area contributed by atoms with Gasteiger partial charge in [-0.2, -0.15) is 0 Å². The number of aromatic nitrogens is 2. The van der Waals surface area contributed by atoms with Crippen LogP contribution in [0.1, 0.15) is 68.1 Å². The van der Waals surface area contributed by atoms with Crippen molar-refractivity contribution >= 4 is 28.8 Å². The summed E-state index contributed by atoms with van der Waals surface area (Å²) in [5.41, 5.74) is 3.95. The number of carbonyl (C=O) groups excluding carboxylic acids is 2. The lowest BCUT2D eigenvalue weighted by molar-refractivity contribution is 0.000820. The van der Waals surface area contributed by atoms with Gasteiger partial charge in [-0.1, -0.05) is 6.07 Å². The Labute approximate surface area is 238 Å². The van der Waals surface area contributed by atoms with Crippen molar-refractivity contribution in [2.75, 3.05) is 31.6 Å². The Hall–Kier alpha value is -3.92. The van der Waals surface area contributed by atoms with E-state index in [-0.39, 0.29) is 29.7 Å². The smallest absolute Gasteiger partial charge is 0.410 e. The van der Waals surface area contributed by atoms with Gasteiger partial charge in [0.25, 0.3) is 0 Å². The Morgan fingerprint density at radius 2 is 1.93 bits per heavy atom. The minimum absolute atomic E-state index is 0.0687. The van der Waals surface area contributed by atoms with Crippen molar-refractivity contribution in [3.63, 3.8) is 0 Å². The normalized spacial score (nSPS) is 16.8. The van der Waals surface area contributed by atoms with E-state index in [9.17, 15) is 14.4 Å². The lowest BCUT2D eigenvalue weighted by atomic mass is 9.95. The number of rotatable bonds is 6. The van der Waals surface area contributed by atoms with Crippen molar-refractivity contribution in [3.8, 4) is 11.1 Å². The summed E-state index contributed by atoms with van der Waals surface area (Å²) in [7, 11) is 0. The van der Waals surface area contributed by atoms with Crippen LogP contribution in [0.4, 0.5) is 10.6 Å². The van der Waals surface area contributed by atoms with E-state index in [0.29, 0.717) is 44.2 Å². The second kappa shape index (κ2) is 10.5. The number of esters is 1. The highest BCUT2D eigenvalue weighted by Gasteiger charge is 2.34. The van der Waals surface area contributed by atoms with Crippen molar-refractivity contribution < 1.29 is 23.8 Å². The summed E-state index contributed by atoms with van der Waals surface area (Å²) >= 11 is 0. The van der Waals surface area contributed by atoms with Crippen LogP contribution in [-0.4, -0.2) is 58.4 Å². The highest BCUT2D eigenvalue weighted by molar-refractivity contribution is 5.96. The summed E-state index contributed by atoms with van der Waals surface area (Å²) in [6, 6.07) is 6.00. The van der Waals surface area contributed by atoms with E-state index < -0.39 is 11.6 Å². The molecule has 4 heterocycles. The molecule has 0 bridgehead atoms. The number of nitrogens with zero attached hydrogens (tertiary/aromatic N) is 3. The quantitative estimate of drug-likeness (QED) is 0.425. The molecular formula is C31H36N4O6. The molecule has 3 aliphatic rings. The van der Waals surface area contributed by atoms with Gasteiger partial charge < -0.3 is 29.0 Å². The molecule has 0 spiro atoms. The molecule has 1 saturated carbocycles. The standard InChI is InChI=1S/C31H36N4O6/c1-5-40-29(37)24-15-35(20-6-7-20)27-22(28(24)36)9-8-21-23-12-33-26(10-19(23)16-39-17-25(21)27)32-11-18-13-34(14-18)30(38)41-31(2,3)4/h8-10,12,15,18,20H,5-7,11,13-14,16-17H2,1-4H3,(H,32,33).